The van der Waals surface area contributed by atoms with Crippen LogP contribution in [0.4, 0.5) is 4.79 Å². The van der Waals surface area contributed by atoms with E-state index >= 15 is 0 Å². The number of phenolic OH excluding ortho intramolecular Hbond substituents is 1. The molecule has 1 aromatic heterocycles. The SMILES string of the molecule is COC(=O)[C@H](CC(C)C)NC(=O)[C@@H](Cc1ccccc1)NC(=O)[C@H](Cc1ccc(O)cc1)NC(=O)[C@H](CO)NC(=O)[C@H](Cc1c[nH]c2ccccc12)NC(=O)OCc1ccccc1. The number of esters is 1. The Morgan fingerprint density at radius 2 is 1.08 bits per heavy atom. The molecule has 8 N–H and O–H groups in total. The number of phenols is 1. The van der Waals surface area contributed by atoms with Gasteiger partial charge in [0.1, 0.15) is 42.6 Å². The number of benzene rings is 4. The molecule has 5 amide bonds. The summed E-state index contributed by atoms with van der Waals surface area (Å²) in [6.07, 6.45) is 0.925. The van der Waals surface area contributed by atoms with E-state index in [4.69, 9.17) is 9.47 Å². The van der Waals surface area contributed by atoms with Gasteiger partial charge in [-0.2, -0.15) is 0 Å². The zero-order chi connectivity index (χ0) is 45.3. The van der Waals surface area contributed by atoms with Crippen LogP contribution in [0, 0.1) is 5.92 Å². The van der Waals surface area contributed by atoms with E-state index in [1.807, 2.05) is 44.2 Å². The minimum atomic E-state index is -1.61. The minimum Gasteiger partial charge on any atom is -0.508 e. The first kappa shape index (κ1) is 46.9. The first-order valence-electron chi connectivity index (χ1n) is 20.6. The Balaban J connectivity index is 1.36. The number of aromatic nitrogens is 1. The molecule has 0 spiro atoms. The maximum Gasteiger partial charge on any atom is 0.408 e. The molecule has 0 aliphatic heterocycles. The summed E-state index contributed by atoms with van der Waals surface area (Å²) in [5.41, 5.74) is 3.41. The lowest BCUT2D eigenvalue weighted by molar-refractivity contribution is -0.146. The van der Waals surface area contributed by atoms with Crippen LogP contribution >= 0.6 is 0 Å². The number of carbonyl (C=O) groups is 6. The van der Waals surface area contributed by atoms with Crippen molar-refractivity contribution in [3.8, 4) is 5.75 Å². The lowest BCUT2D eigenvalue weighted by atomic mass is 10.0. The molecule has 0 saturated heterocycles. The summed E-state index contributed by atoms with van der Waals surface area (Å²) in [5.74, 6) is -3.93. The number of aliphatic hydroxyl groups excluding tert-OH is 1. The van der Waals surface area contributed by atoms with E-state index in [1.165, 1.54) is 19.2 Å². The van der Waals surface area contributed by atoms with Gasteiger partial charge in [0.15, 0.2) is 0 Å². The second-order valence-corrected chi connectivity index (χ2v) is 15.5. The van der Waals surface area contributed by atoms with E-state index in [0.717, 1.165) is 16.5 Å². The molecule has 0 fully saturated rings. The Labute approximate surface area is 365 Å². The number of carbonyl (C=O) groups excluding carboxylic acids is 6. The molecule has 0 aliphatic carbocycles. The van der Waals surface area contributed by atoms with Crippen molar-refractivity contribution in [1.82, 2.24) is 31.6 Å². The topological polar surface area (TPSA) is 237 Å². The summed E-state index contributed by atoms with van der Waals surface area (Å²) in [5, 5.41) is 34.4. The van der Waals surface area contributed by atoms with Crippen LogP contribution < -0.4 is 26.6 Å². The summed E-state index contributed by atoms with van der Waals surface area (Å²) in [6.45, 7) is 2.79. The van der Waals surface area contributed by atoms with Gasteiger partial charge in [0, 0.05) is 36.4 Å². The molecule has 16 nitrogen and oxygen atoms in total. The molecule has 1 heterocycles. The molecule has 5 aromatic rings. The number of ether oxygens (including phenoxy) is 2. The Kier molecular flexibility index (Phi) is 17.2. The van der Waals surface area contributed by atoms with Crippen LogP contribution in [0.3, 0.4) is 0 Å². The minimum absolute atomic E-state index is 0.00877. The fraction of sp³-hybridized carbons (Fsp3) is 0.319. The average Bonchev–Trinajstić information content (AvgIpc) is 3.69. The number of para-hydroxylation sites is 1. The third-order valence-electron chi connectivity index (χ3n) is 10.2. The number of aromatic amines is 1. The number of hydrogen-bond donors (Lipinski definition) is 8. The number of fused-ring (bicyclic) bond motifs is 1. The van der Waals surface area contributed by atoms with Crippen molar-refractivity contribution in [2.24, 2.45) is 5.92 Å². The van der Waals surface area contributed by atoms with E-state index in [-0.39, 0.29) is 44.0 Å². The van der Waals surface area contributed by atoms with Gasteiger partial charge in [-0.05, 0) is 52.8 Å². The van der Waals surface area contributed by atoms with Crippen molar-refractivity contribution in [3.05, 3.63) is 138 Å². The molecule has 0 unspecified atom stereocenters. The monoisotopic (exact) mass is 862 g/mol. The average molecular weight is 863 g/mol. The van der Waals surface area contributed by atoms with Crippen molar-refractivity contribution in [2.45, 2.75) is 76.3 Å². The molecule has 0 bridgehead atoms. The first-order valence-corrected chi connectivity index (χ1v) is 20.6. The van der Waals surface area contributed by atoms with Crippen molar-refractivity contribution >= 4 is 46.6 Å². The van der Waals surface area contributed by atoms with Crippen LogP contribution in [-0.4, -0.2) is 94.8 Å². The van der Waals surface area contributed by atoms with Gasteiger partial charge >= 0.3 is 12.1 Å². The van der Waals surface area contributed by atoms with Crippen molar-refractivity contribution in [1.29, 1.82) is 0 Å². The Hall–Kier alpha value is -7.20. The van der Waals surface area contributed by atoms with E-state index in [9.17, 15) is 39.0 Å². The number of rotatable bonds is 21. The predicted molar refractivity (Wildman–Crippen MR) is 234 cm³/mol. The highest BCUT2D eigenvalue weighted by Crippen LogP contribution is 2.20. The summed E-state index contributed by atoms with van der Waals surface area (Å²) in [4.78, 5) is 85.0. The van der Waals surface area contributed by atoms with Gasteiger partial charge in [-0.15, -0.1) is 0 Å². The summed E-state index contributed by atoms with van der Waals surface area (Å²) in [6, 6.07) is 24.6. The fourth-order valence-corrected chi connectivity index (χ4v) is 6.88. The van der Waals surface area contributed by atoms with E-state index in [0.29, 0.717) is 16.7 Å². The zero-order valence-electron chi connectivity index (χ0n) is 35.3. The normalized spacial score (nSPS) is 13.4. The maximum absolute atomic E-state index is 14.3. The molecule has 4 aromatic carbocycles. The van der Waals surface area contributed by atoms with Crippen molar-refractivity contribution < 1.29 is 48.5 Å². The Bertz CT molecular complexity index is 2300. The number of hydrogen-bond acceptors (Lipinski definition) is 10. The van der Waals surface area contributed by atoms with Crippen LogP contribution in [0.25, 0.3) is 10.9 Å². The van der Waals surface area contributed by atoms with Crippen molar-refractivity contribution in [2.75, 3.05) is 13.7 Å². The first-order chi connectivity index (χ1) is 30.3. The molecular weight excluding hydrogens is 809 g/mol. The van der Waals surface area contributed by atoms with Gasteiger partial charge in [-0.1, -0.05) is 105 Å². The quantitative estimate of drug-likeness (QED) is 0.0501. The van der Waals surface area contributed by atoms with E-state index in [2.05, 4.69) is 31.6 Å². The second kappa shape index (κ2) is 23.1. The number of aromatic hydroxyl groups is 1. The zero-order valence-corrected chi connectivity index (χ0v) is 35.3. The second-order valence-electron chi connectivity index (χ2n) is 15.5. The molecular formula is C47H54N6O10. The number of aliphatic hydroxyl groups is 1. The van der Waals surface area contributed by atoms with Gasteiger partial charge in [-0.25, -0.2) is 9.59 Å². The lowest BCUT2D eigenvalue weighted by Crippen LogP contribution is -2.60. The number of nitrogens with one attached hydrogen (secondary N) is 6. The fourth-order valence-electron chi connectivity index (χ4n) is 6.88. The van der Waals surface area contributed by atoms with Crippen LogP contribution in [-0.2, 0) is 59.3 Å². The summed E-state index contributed by atoms with van der Waals surface area (Å²) >= 11 is 0. The van der Waals surface area contributed by atoms with Gasteiger partial charge in [0.05, 0.1) is 13.7 Å². The summed E-state index contributed by atoms with van der Waals surface area (Å²) in [7, 11) is 1.21. The third kappa shape index (κ3) is 14.2. The Morgan fingerprint density at radius 3 is 1.65 bits per heavy atom. The molecule has 332 valence electrons. The molecule has 63 heavy (non-hydrogen) atoms. The molecule has 0 radical (unpaired) electrons. The highest BCUT2D eigenvalue weighted by Gasteiger charge is 2.33. The van der Waals surface area contributed by atoms with Gasteiger partial charge in [0.2, 0.25) is 23.6 Å². The van der Waals surface area contributed by atoms with Crippen molar-refractivity contribution in [3.63, 3.8) is 0 Å². The Morgan fingerprint density at radius 1 is 0.587 bits per heavy atom. The third-order valence-corrected chi connectivity index (χ3v) is 10.2. The highest BCUT2D eigenvalue weighted by molar-refractivity contribution is 5.96. The molecule has 0 aliphatic rings. The van der Waals surface area contributed by atoms with Gasteiger partial charge < -0.3 is 51.3 Å². The van der Waals surface area contributed by atoms with Crippen LogP contribution in [0.5, 0.6) is 5.75 Å². The number of H-pyrrole nitrogens is 1. The molecule has 5 rings (SSSR count). The van der Waals surface area contributed by atoms with Crippen LogP contribution in [0.2, 0.25) is 0 Å². The number of amides is 5. The van der Waals surface area contributed by atoms with Gasteiger partial charge in [0.25, 0.3) is 0 Å². The standard InChI is InChI=1S/C47H54N6O10/c1-29(2)22-40(46(60)62-3)51-43(57)37(23-30-12-6-4-7-13-30)49-42(56)38(24-31-18-20-34(55)21-19-31)50-45(59)41(27-54)52-44(58)39(25-33-26-48-36-17-11-10-16-35(33)36)53-47(61)63-28-32-14-8-5-9-15-32/h4-21,26,29,37-41,48,54-55H,22-25,27-28H2,1-3H3,(H,49,56)(H,50,59)(H,51,57)(H,52,58)(H,53,61)/t37-,38+,39+,40+,41+/m1/s1. The maximum atomic E-state index is 14.3. The van der Waals surface area contributed by atoms with E-state index in [1.54, 1.807) is 72.9 Å². The van der Waals surface area contributed by atoms with E-state index < -0.39 is 72.5 Å². The summed E-state index contributed by atoms with van der Waals surface area (Å²) < 4.78 is 10.3. The highest BCUT2D eigenvalue weighted by atomic mass is 16.5. The number of alkyl carbamates (subject to hydrolysis) is 1. The predicted octanol–water partition coefficient (Wildman–Crippen LogP) is 3.35. The lowest BCUT2D eigenvalue weighted by Gasteiger charge is -2.27. The smallest absolute Gasteiger partial charge is 0.408 e. The van der Waals surface area contributed by atoms with Crippen LogP contribution in [0.15, 0.2) is 115 Å². The largest absolute Gasteiger partial charge is 0.508 e. The van der Waals surface area contributed by atoms with Crippen LogP contribution in [0.1, 0.15) is 42.5 Å². The number of methoxy groups -OCH3 is 1. The molecule has 0 saturated carbocycles. The molecule has 16 heteroatoms. The van der Waals surface area contributed by atoms with Gasteiger partial charge in [-0.3, -0.25) is 19.2 Å². The molecule has 5 atom stereocenters.